The van der Waals surface area contributed by atoms with Crippen LogP contribution in [0.1, 0.15) is 40.1 Å². The van der Waals surface area contributed by atoms with Gasteiger partial charge in [0.05, 0.1) is 43.0 Å². The molecule has 2 aliphatic heterocycles. The summed E-state index contributed by atoms with van der Waals surface area (Å²) in [5.74, 6) is 0.225. The van der Waals surface area contributed by atoms with Crippen LogP contribution in [0.25, 0.3) is 5.65 Å². The molecule has 1 fully saturated rings. The summed E-state index contributed by atoms with van der Waals surface area (Å²) < 4.78 is 12.9. The van der Waals surface area contributed by atoms with Gasteiger partial charge >= 0.3 is 0 Å². The number of anilines is 2. The fourth-order valence-electron chi connectivity index (χ4n) is 4.21. The summed E-state index contributed by atoms with van der Waals surface area (Å²) in [7, 11) is 0. The van der Waals surface area contributed by atoms with Crippen LogP contribution in [0.2, 0.25) is 0 Å². The third-order valence-electron chi connectivity index (χ3n) is 6.04. The second kappa shape index (κ2) is 8.13. The highest BCUT2D eigenvalue weighted by atomic mass is 16.5. The number of nitrogens with zero attached hydrogens (tertiary/aromatic N) is 4. The van der Waals surface area contributed by atoms with Crippen molar-refractivity contribution in [2.24, 2.45) is 0 Å². The number of benzene rings is 1. The number of carbonyl (C=O) groups is 2. The second-order valence-corrected chi connectivity index (χ2v) is 8.64. The minimum atomic E-state index is -0.686. The van der Waals surface area contributed by atoms with Crippen molar-refractivity contribution in [3.05, 3.63) is 47.4 Å². The van der Waals surface area contributed by atoms with E-state index < -0.39 is 5.60 Å². The summed E-state index contributed by atoms with van der Waals surface area (Å²) in [5, 5.41) is 17.0. The molecule has 4 heterocycles. The number of aliphatic hydroxyl groups excluding tert-OH is 1. The first-order valence-corrected chi connectivity index (χ1v) is 10.8. The van der Waals surface area contributed by atoms with Crippen LogP contribution in [0.5, 0.6) is 5.75 Å². The molecule has 0 radical (unpaired) electrons. The lowest BCUT2D eigenvalue weighted by atomic mass is 9.99. The monoisotopic (exact) mass is 451 g/mol. The van der Waals surface area contributed by atoms with Crippen molar-refractivity contribution in [1.29, 1.82) is 0 Å². The zero-order chi connectivity index (χ0) is 23.2. The fraction of sp³-hybridized carbons (Fsp3) is 0.391. The molecule has 1 saturated heterocycles. The van der Waals surface area contributed by atoms with Crippen molar-refractivity contribution in [1.82, 2.24) is 14.6 Å². The van der Waals surface area contributed by atoms with Gasteiger partial charge in [0, 0.05) is 43.5 Å². The smallest absolute Gasteiger partial charge is 0.261 e. The van der Waals surface area contributed by atoms with E-state index in [1.165, 1.54) is 23.8 Å². The highest BCUT2D eigenvalue weighted by molar-refractivity contribution is 6.09. The van der Waals surface area contributed by atoms with Crippen LogP contribution in [0.4, 0.5) is 11.4 Å². The third kappa shape index (κ3) is 3.91. The number of morpholine rings is 1. The molecule has 5 rings (SSSR count). The molecule has 2 aliphatic rings. The van der Waals surface area contributed by atoms with E-state index in [0.29, 0.717) is 60.9 Å². The van der Waals surface area contributed by atoms with E-state index in [1.807, 2.05) is 19.1 Å². The molecule has 10 nitrogen and oxygen atoms in total. The first-order valence-electron chi connectivity index (χ1n) is 10.8. The molecule has 10 heteroatoms. The molecular weight excluding hydrogens is 426 g/mol. The number of nitrogens with one attached hydrogen (secondary N) is 1. The van der Waals surface area contributed by atoms with E-state index in [-0.39, 0.29) is 18.3 Å². The number of aliphatic hydroxyl groups is 1. The van der Waals surface area contributed by atoms with Gasteiger partial charge < -0.3 is 24.8 Å². The lowest BCUT2D eigenvalue weighted by Crippen LogP contribution is -2.36. The zero-order valence-electron chi connectivity index (χ0n) is 18.5. The molecule has 33 heavy (non-hydrogen) atoms. The van der Waals surface area contributed by atoms with E-state index in [4.69, 9.17) is 9.47 Å². The van der Waals surface area contributed by atoms with Crippen LogP contribution < -0.4 is 15.0 Å². The van der Waals surface area contributed by atoms with Gasteiger partial charge in [0.1, 0.15) is 16.9 Å². The average Bonchev–Trinajstić information content (AvgIpc) is 3.39. The van der Waals surface area contributed by atoms with Gasteiger partial charge in [0.25, 0.3) is 5.91 Å². The minimum absolute atomic E-state index is 0.105. The topological polar surface area (TPSA) is 118 Å². The third-order valence-corrected chi connectivity index (χ3v) is 6.04. The Morgan fingerprint density at radius 2 is 2.03 bits per heavy atom. The molecule has 2 N–H and O–H groups in total. The molecule has 1 amide bonds. The van der Waals surface area contributed by atoms with Crippen molar-refractivity contribution in [2.75, 3.05) is 43.1 Å². The zero-order valence-corrected chi connectivity index (χ0v) is 18.5. The van der Waals surface area contributed by atoms with Gasteiger partial charge in [-0.05, 0) is 19.9 Å². The number of amides is 1. The SMILES string of the molecule is CC(=O)c1cnc2c(C(=O)Nc3cc4c(cc3N3CCOCC3)OC(C)(CO)C4)cnn2c1. The quantitative estimate of drug-likeness (QED) is 0.563. The number of hydrogen-bond donors (Lipinski definition) is 2. The van der Waals surface area contributed by atoms with Crippen LogP contribution in [0.3, 0.4) is 0 Å². The predicted molar refractivity (Wildman–Crippen MR) is 120 cm³/mol. The van der Waals surface area contributed by atoms with E-state index in [1.54, 1.807) is 6.20 Å². The molecule has 3 aromatic rings. The van der Waals surface area contributed by atoms with E-state index in [2.05, 4.69) is 20.3 Å². The Kier molecular flexibility index (Phi) is 5.26. The number of hydrogen-bond acceptors (Lipinski definition) is 8. The van der Waals surface area contributed by atoms with Gasteiger partial charge in [-0.15, -0.1) is 0 Å². The van der Waals surface area contributed by atoms with Gasteiger partial charge in [-0.3, -0.25) is 9.59 Å². The van der Waals surface area contributed by atoms with Crippen LogP contribution in [0.15, 0.2) is 30.7 Å². The van der Waals surface area contributed by atoms with Crippen LogP contribution in [-0.2, 0) is 11.2 Å². The number of rotatable bonds is 5. The molecule has 2 aromatic heterocycles. The maximum atomic E-state index is 13.2. The number of Topliss-reactive ketones (excluding diaryl/α,β-unsaturated/α-hetero) is 1. The summed E-state index contributed by atoms with van der Waals surface area (Å²) in [6.45, 7) is 5.76. The summed E-state index contributed by atoms with van der Waals surface area (Å²) in [6, 6.07) is 3.83. The molecule has 1 aromatic carbocycles. The molecule has 0 bridgehead atoms. The number of aromatic nitrogens is 3. The Morgan fingerprint density at radius 1 is 1.24 bits per heavy atom. The Bertz CT molecular complexity index is 1250. The number of carbonyl (C=O) groups excluding carboxylic acids is 2. The standard InChI is InChI=1S/C23H25N5O5/c1-14(30)16-10-24-21-17(11-25-28(21)12-16)22(31)26-18-7-15-9-23(2,13-29)33-20(15)8-19(18)27-3-5-32-6-4-27/h7-8,10-12,29H,3-6,9,13H2,1-2H3,(H,26,31). The summed E-state index contributed by atoms with van der Waals surface area (Å²) in [4.78, 5) is 31.3. The van der Waals surface area contributed by atoms with Crippen molar-refractivity contribution >= 4 is 28.7 Å². The minimum Gasteiger partial charge on any atom is -0.484 e. The van der Waals surface area contributed by atoms with Gasteiger partial charge in [0.2, 0.25) is 0 Å². The Morgan fingerprint density at radius 3 is 2.76 bits per heavy atom. The lowest BCUT2D eigenvalue weighted by Gasteiger charge is -2.31. The first-order chi connectivity index (χ1) is 15.9. The highest BCUT2D eigenvalue weighted by Crippen LogP contribution is 2.42. The van der Waals surface area contributed by atoms with Crippen molar-refractivity contribution in [3.8, 4) is 5.75 Å². The highest BCUT2D eigenvalue weighted by Gasteiger charge is 2.36. The molecule has 0 saturated carbocycles. The molecule has 0 aliphatic carbocycles. The summed E-state index contributed by atoms with van der Waals surface area (Å²) in [6.07, 6.45) is 4.98. The average molecular weight is 451 g/mol. The van der Waals surface area contributed by atoms with E-state index in [0.717, 1.165) is 11.3 Å². The van der Waals surface area contributed by atoms with Gasteiger partial charge in [-0.1, -0.05) is 0 Å². The number of ether oxygens (including phenoxy) is 2. The maximum Gasteiger partial charge on any atom is 0.261 e. The normalized spacial score (nSPS) is 19.9. The Hall–Kier alpha value is -3.50. The second-order valence-electron chi connectivity index (χ2n) is 8.64. The van der Waals surface area contributed by atoms with Crippen molar-refractivity contribution < 1.29 is 24.2 Å². The predicted octanol–water partition coefficient (Wildman–Crippen LogP) is 1.71. The van der Waals surface area contributed by atoms with Gasteiger partial charge in [0.15, 0.2) is 11.4 Å². The summed E-state index contributed by atoms with van der Waals surface area (Å²) in [5.41, 5.74) is 2.79. The van der Waals surface area contributed by atoms with Crippen LogP contribution in [0, 0.1) is 0 Å². The van der Waals surface area contributed by atoms with Crippen molar-refractivity contribution in [2.45, 2.75) is 25.9 Å². The molecule has 172 valence electrons. The maximum absolute atomic E-state index is 13.2. The number of ketones is 1. The van der Waals surface area contributed by atoms with E-state index >= 15 is 0 Å². The summed E-state index contributed by atoms with van der Waals surface area (Å²) >= 11 is 0. The number of fused-ring (bicyclic) bond motifs is 2. The molecule has 0 spiro atoms. The molecular formula is C23H25N5O5. The Labute approximate surface area is 190 Å². The Balaban J connectivity index is 1.50. The first kappa shape index (κ1) is 21.4. The van der Waals surface area contributed by atoms with Gasteiger partial charge in [-0.25, -0.2) is 9.50 Å². The molecule has 1 atom stereocenters. The fourth-order valence-corrected chi connectivity index (χ4v) is 4.21. The van der Waals surface area contributed by atoms with Crippen LogP contribution >= 0.6 is 0 Å². The largest absolute Gasteiger partial charge is 0.484 e. The molecule has 1 unspecified atom stereocenters. The van der Waals surface area contributed by atoms with Crippen LogP contribution in [-0.4, -0.2) is 69.9 Å². The van der Waals surface area contributed by atoms with Gasteiger partial charge in [-0.2, -0.15) is 5.10 Å². The van der Waals surface area contributed by atoms with Crippen molar-refractivity contribution in [3.63, 3.8) is 0 Å². The lowest BCUT2D eigenvalue weighted by molar-refractivity contribution is 0.0446. The van der Waals surface area contributed by atoms with E-state index in [9.17, 15) is 14.7 Å².